The largest absolute Gasteiger partial charge is 0.344 e. The number of rotatable bonds is 3. The van der Waals surface area contributed by atoms with Gasteiger partial charge in [-0.15, -0.1) is 0 Å². The summed E-state index contributed by atoms with van der Waals surface area (Å²) in [5.41, 5.74) is 5.10. The zero-order valence-electron chi connectivity index (χ0n) is 13.2. The van der Waals surface area contributed by atoms with Gasteiger partial charge in [0.05, 0.1) is 12.6 Å². The Morgan fingerprint density at radius 3 is 2.00 bits per heavy atom. The molecule has 1 aliphatic carbocycles. The van der Waals surface area contributed by atoms with Gasteiger partial charge < -0.3 is 10.2 Å². The van der Waals surface area contributed by atoms with E-state index >= 15 is 0 Å². The summed E-state index contributed by atoms with van der Waals surface area (Å²) in [6.45, 7) is 0.404. The third kappa shape index (κ3) is 3.04. The number of aryl methyl sites for hydroxylation is 2. The fraction of sp³-hybridized carbons (Fsp3) is 0.316. The fourth-order valence-corrected chi connectivity index (χ4v) is 3.17. The molecule has 3 rings (SSSR count). The molecule has 22 heavy (non-hydrogen) atoms. The van der Waals surface area contributed by atoms with Crippen LogP contribution in [0.25, 0.3) is 0 Å². The Labute approximate surface area is 132 Å². The second-order valence-corrected chi connectivity index (χ2v) is 6.14. The van der Waals surface area contributed by atoms with E-state index in [0.29, 0.717) is 6.54 Å². The first-order valence-corrected chi connectivity index (χ1v) is 7.75. The second kappa shape index (κ2) is 6.32. The van der Waals surface area contributed by atoms with E-state index < -0.39 is 0 Å². The highest BCUT2D eigenvalue weighted by Gasteiger charge is 2.24. The summed E-state index contributed by atoms with van der Waals surface area (Å²) < 4.78 is 0. The van der Waals surface area contributed by atoms with E-state index in [4.69, 9.17) is 0 Å². The van der Waals surface area contributed by atoms with Crippen molar-refractivity contribution in [2.75, 3.05) is 20.6 Å². The van der Waals surface area contributed by atoms with E-state index in [1.165, 1.54) is 22.3 Å². The molecule has 0 bridgehead atoms. The molecule has 0 aromatic heterocycles. The molecule has 0 fully saturated rings. The maximum Gasteiger partial charge on any atom is 0.234 e. The first-order chi connectivity index (χ1) is 10.6. The molecule has 1 N–H and O–H groups in total. The lowest BCUT2D eigenvalue weighted by molar-refractivity contribution is -0.122. The van der Waals surface area contributed by atoms with Crippen molar-refractivity contribution < 1.29 is 4.79 Å². The van der Waals surface area contributed by atoms with Gasteiger partial charge in [0.25, 0.3) is 0 Å². The lowest BCUT2D eigenvalue weighted by Crippen LogP contribution is -2.36. The lowest BCUT2D eigenvalue weighted by Gasteiger charge is -2.22. The quantitative estimate of drug-likeness (QED) is 0.943. The summed E-state index contributed by atoms with van der Waals surface area (Å²) in [7, 11) is 3.82. The van der Waals surface area contributed by atoms with Crippen LogP contribution in [0, 0.1) is 0 Å². The number of carbonyl (C=O) groups is 1. The molecule has 2 aromatic rings. The summed E-state index contributed by atoms with van der Waals surface area (Å²) in [5.74, 6) is 0.0570. The molecule has 0 aliphatic heterocycles. The van der Waals surface area contributed by atoms with Crippen molar-refractivity contribution in [1.29, 1.82) is 0 Å². The van der Waals surface area contributed by atoms with Gasteiger partial charge in [-0.1, -0.05) is 48.5 Å². The van der Waals surface area contributed by atoms with Crippen molar-refractivity contribution in [3.63, 3.8) is 0 Å². The van der Waals surface area contributed by atoms with Gasteiger partial charge in [-0.25, -0.2) is 0 Å². The molecule has 3 nitrogen and oxygen atoms in total. The van der Waals surface area contributed by atoms with Crippen molar-refractivity contribution in [2.45, 2.75) is 18.9 Å². The molecule has 0 heterocycles. The van der Waals surface area contributed by atoms with E-state index in [2.05, 4.69) is 53.8 Å². The Bertz CT molecular complexity index is 631. The molecular formula is C19H22N2O. The van der Waals surface area contributed by atoms with E-state index in [9.17, 15) is 4.79 Å². The van der Waals surface area contributed by atoms with Gasteiger partial charge in [-0.05, 0) is 49.2 Å². The summed E-state index contributed by atoms with van der Waals surface area (Å²) in [5, 5.41) is 3.22. The number of hydrogen-bond donors (Lipinski definition) is 1. The van der Waals surface area contributed by atoms with Crippen LogP contribution in [0.3, 0.4) is 0 Å². The zero-order chi connectivity index (χ0) is 15.5. The van der Waals surface area contributed by atoms with E-state index in [1.54, 1.807) is 0 Å². The normalized spacial score (nSPS) is 14.1. The van der Waals surface area contributed by atoms with Crippen molar-refractivity contribution >= 4 is 5.91 Å². The summed E-state index contributed by atoms with van der Waals surface area (Å²) >= 11 is 0. The average Bonchev–Trinajstić information content (AvgIpc) is 2.65. The number of amides is 1. The van der Waals surface area contributed by atoms with E-state index in [1.807, 2.05) is 19.0 Å². The number of nitrogens with zero attached hydrogens (tertiary/aromatic N) is 1. The number of fused-ring (bicyclic) bond motifs is 2. The van der Waals surface area contributed by atoms with Crippen molar-refractivity contribution in [3.05, 3.63) is 70.8 Å². The van der Waals surface area contributed by atoms with Crippen LogP contribution in [0.15, 0.2) is 48.5 Å². The summed E-state index contributed by atoms with van der Waals surface area (Å²) in [6.07, 6.45) is 2.04. The Balaban J connectivity index is 2.00. The fourth-order valence-electron chi connectivity index (χ4n) is 3.17. The van der Waals surface area contributed by atoms with Crippen LogP contribution in [0.5, 0.6) is 0 Å². The molecule has 114 valence electrons. The average molecular weight is 294 g/mol. The second-order valence-electron chi connectivity index (χ2n) is 6.14. The molecule has 3 heteroatoms. The highest BCUT2D eigenvalue weighted by Crippen LogP contribution is 2.32. The van der Waals surface area contributed by atoms with E-state index in [-0.39, 0.29) is 11.9 Å². The molecule has 0 unspecified atom stereocenters. The number of benzene rings is 2. The van der Waals surface area contributed by atoms with Gasteiger partial charge >= 0.3 is 0 Å². The number of likely N-dealkylation sites (N-methyl/N-ethyl adjacent to an activating group) is 1. The predicted molar refractivity (Wildman–Crippen MR) is 88.8 cm³/mol. The minimum Gasteiger partial charge on any atom is -0.344 e. The standard InChI is InChI=1S/C19H22N2O/c1-21(2)13-18(22)20-19-16-9-5-3-7-14(16)11-12-15-8-4-6-10-17(15)19/h3-10,19H,11-13H2,1-2H3,(H,20,22). The van der Waals surface area contributed by atoms with Crippen molar-refractivity contribution in [3.8, 4) is 0 Å². The molecule has 2 aromatic carbocycles. The lowest BCUT2D eigenvalue weighted by atomic mass is 9.94. The van der Waals surface area contributed by atoms with Crippen LogP contribution in [0.2, 0.25) is 0 Å². The molecular weight excluding hydrogens is 272 g/mol. The molecule has 1 aliphatic rings. The predicted octanol–water partition coefficient (Wildman–Crippen LogP) is 2.55. The summed E-state index contributed by atoms with van der Waals surface area (Å²) in [4.78, 5) is 14.2. The van der Waals surface area contributed by atoms with Gasteiger partial charge in [0.15, 0.2) is 0 Å². The highest BCUT2D eigenvalue weighted by molar-refractivity contribution is 5.79. The molecule has 0 spiro atoms. The maximum atomic E-state index is 12.3. The Hall–Kier alpha value is -2.13. The van der Waals surface area contributed by atoms with Crippen LogP contribution < -0.4 is 5.32 Å². The third-order valence-electron chi connectivity index (χ3n) is 4.16. The van der Waals surface area contributed by atoms with Crippen LogP contribution in [-0.2, 0) is 17.6 Å². The number of nitrogens with one attached hydrogen (secondary N) is 1. The third-order valence-corrected chi connectivity index (χ3v) is 4.16. The Kier molecular flexibility index (Phi) is 4.25. The number of carbonyl (C=O) groups excluding carboxylic acids is 1. The number of hydrogen-bond acceptors (Lipinski definition) is 2. The smallest absolute Gasteiger partial charge is 0.234 e. The SMILES string of the molecule is CN(C)CC(=O)NC1c2ccccc2CCc2ccccc21. The first-order valence-electron chi connectivity index (χ1n) is 7.75. The van der Waals surface area contributed by atoms with Crippen LogP contribution >= 0.6 is 0 Å². The molecule has 0 saturated heterocycles. The minimum absolute atomic E-state index is 0.0534. The highest BCUT2D eigenvalue weighted by atomic mass is 16.2. The van der Waals surface area contributed by atoms with Gasteiger partial charge in [-0.3, -0.25) is 4.79 Å². The zero-order valence-corrected chi connectivity index (χ0v) is 13.2. The monoisotopic (exact) mass is 294 g/mol. The Morgan fingerprint density at radius 2 is 1.50 bits per heavy atom. The minimum atomic E-state index is -0.0534. The molecule has 0 radical (unpaired) electrons. The van der Waals surface area contributed by atoms with Gasteiger partial charge in [0.1, 0.15) is 0 Å². The van der Waals surface area contributed by atoms with Gasteiger partial charge in [0, 0.05) is 0 Å². The van der Waals surface area contributed by atoms with Crippen LogP contribution in [0.1, 0.15) is 28.3 Å². The Morgan fingerprint density at radius 1 is 1.00 bits per heavy atom. The van der Waals surface area contributed by atoms with Gasteiger partial charge in [0.2, 0.25) is 5.91 Å². The first kappa shape index (κ1) is 14.8. The van der Waals surface area contributed by atoms with E-state index in [0.717, 1.165) is 12.8 Å². The van der Waals surface area contributed by atoms with Crippen molar-refractivity contribution in [1.82, 2.24) is 10.2 Å². The van der Waals surface area contributed by atoms with Gasteiger partial charge in [-0.2, -0.15) is 0 Å². The molecule has 0 saturated carbocycles. The maximum absolute atomic E-state index is 12.3. The van der Waals surface area contributed by atoms with Crippen molar-refractivity contribution in [2.24, 2.45) is 0 Å². The summed E-state index contributed by atoms with van der Waals surface area (Å²) in [6, 6.07) is 16.8. The molecule has 1 amide bonds. The van der Waals surface area contributed by atoms with Crippen LogP contribution in [-0.4, -0.2) is 31.4 Å². The topological polar surface area (TPSA) is 32.3 Å². The van der Waals surface area contributed by atoms with Crippen LogP contribution in [0.4, 0.5) is 0 Å². The molecule has 0 atom stereocenters.